The fourth-order valence-corrected chi connectivity index (χ4v) is 5.05. The zero-order valence-electron chi connectivity index (χ0n) is 14.6. The number of rotatable bonds is 5. The van der Waals surface area contributed by atoms with Gasteiger partial charge in [-0.1, -0.05) is 29.8 Å². The van der Waals surface area contributed by atoms with Crippen molar-refractivity contribution in [3.8, 4) is 0 Å². The molecule has 4 rings (SSSR count). The van der Waals surface area contributed by atoms with Gasteiger partial charge in [-0.2, -0.15) is 0 Å². The van der Waals surface area contributed by atoms with Gasteiger partial charge in [0.15, 0.2) is 0 Å². The molecule has 3 heterocycles. The van der Waals surface area contributed by atoms with E-state index in [1.165, 1.54) is 11.1 Å². The van der Waals surface area contributed by atoms with Gasteiger partial charge in [0.2, 0.25) is 0 Å². The van der Waals surface area contributed by atoms with E-state index in [0.717, 1.165) is 34.1 Å². The van der Waals surface area contributed by atoms with Crippen molar-refractivity contribution in [3.05, 3.63) is 57.0 Å². The van der Waals surface area contributed by atoms with Crippen molar-refractivity contribution in [2.24, 2.45) is 0 Å². The number of thiophene rings is 1. The van der Waals surface area contributed by atoms with E-state index in [0.29, 0.717) is 18.8 Å². The second-order valence-corrected chi connectivity index (χ2v) is 8.51. The zero-order chi connectivity index (χ0) is 18.1. The van der Waals surface area contributed by atoms with Gasteiger partial charge >= 0.3 is 0 Å². The molecule has 0 bridgehead atoms. The molecule has 1 saturated heterocycles. The van der Waals surface area contributed by atoms with Gasteiger partial charge in [-0.3, -0.25) is 4.79 Å². The Hall–Kier alpha value is -1.63. The first-order chi connectivity index (χ1) is 12.6. The van der Waals surface area contributed by atoms with Crippen LogP contribution in [-0.2, 0) is 11.3 Å². The average molecular weight is 433 g/mol. The molecule has 1 aromatic carbocycles. The third-order valence-corrected chi connectivity index (χ3v) is 6.61. The van der Waals surface area contributed by atoms with Crippen LogP contribution in [0.25, 0.3) is 10.2 Å². The largest absolute Gasteiger partial charge is 0.376 e. The number of hydrogen-bond donors (Lipinski definition) is 1. The molecule has 1 unspecified atom stereocenters. The molecule has 1 atom stereocenters. The molecular weight excluding hydrogens is 412 g/mol. The second kappa shape index (κ2) is 7.55. The van der Waals surface area contributed by atoms with Crippen molar-refractivity contribution < 1.29 is 9.53 Å². The van der Waals surface area contributed by atoms with Crippen LogP contribution in [0.5, 0.6) is 0 Å². The van der Waals surface area contributed by atoms with Crippen molar-refractivity contribution in [3.63, 3.8) is 0 Å². The predicted octanol–water partition coefficient (Wildman–Crippen LogP) is 4.73. The normalized spacial score (nSPS) is 17.1. The summed E-state index contributed by atoms with van der Waals surface area (Å²) in [6.45, 7) is 4.12. The molecule has 1 amide bonds. The SMILES string of the molecule is Cc1ccc(Cn2c(C(=O)NCC3CCCO3)cc3scc(Br)c32)cc1. The quantitative estimate of drug-likeness (QED) is 0.632. The lowest BCUT2D eigenvalue weighted by Gasteiger charge is -2.14. The minimum absolute atomic E-state index is 0.0390. The Morgan fingerprint density at radius 1 is 1.38 bits per heavy atom. The van der Waals surface area contributed by atoms with Gasteiger partial charge in [-0.25, -0.2) is 0 Å². The van der Waals surface area contributed by atoms with Crippen molar-refractivity contribution in [2.45, 2.75) is 32.4 Å². The van der Waals surface area contributed by atoms with Crippen LogP contribution in [0.3, 0.4) is 0 Å². The number of fused-ring (bicyclic) bond motifs is 1. The van der Waals surface area contributed by atoms with Crippen LogP contribution in [0.15, 0.2) is 40.2 Å². The molecule has 1 aliphatic heterocycles. The number of halogens is 1. The summed E-state index contributed by atoms with van der Waals surface area (Å²) in [6.07, 6.45) is 2.24. The van der Waals surface area contributed by atoms with Gasteiger partial charge in [0.05, 0.1) is 20.8 Å². The highest BCUT2D eigenvalue weighted by Crippen LogP contribution is 2.33. The number of aromatic nitrogens is 1. The number of nitrogens with zero attached hydrogens (tertiary/aromatic N) is 1. The van der Waals surface area contributed by atoms with Gasteiger partial charge in [0.25, 0.3) is 5.91 Å². The van der Waals surface area contributed by atoms with Crippen LogP contribution < -0.4 is 5.32 Å². The van der Waals surface area contributed by atoms with Gasteiger partial charge in [0.1, 0.15) is 5.69 Å². The molecule has 3 aromatic rings. The molecule has 4 nitrogen and oxygen atoms in total. The van der Waals surface area contributed by atoms with E-state index in [9.17, 15) is 4.79 Å². The van der Waals surface area contributed by atoms with Crippen LogP contribution in [0, 0.1) is 6.92 Å². The number of hydrogen-bond acceptors (Lipinski definition) is 3. The third-order valence-electron chi connectivity index (χ3n) is 4.79. The predicted molar refractivity (Wildman–Crippen MR) is 109 cm³/mol. The highest BCUT2D eigenvalue weighted by Gasteiger charge is 2.21. The monoisotopic (exact) mass is 432 g/mol. The lowest BCUT2D eigenvalue weighted by atomic mass is 10.1. The molecule has 1 fully saturated rings. The summed E-state index contributed by atoms with van der Waals surface area (Å²) < 4.78 is 9.86. The Morgan fingerprint density at radius 3 is 2.92 bits per heavy atom. The molecule has 0 saturated carbocycles. The summed E-state index contributed by atoms with van der Waals surface area (Å²) in [5, 5.41) is 5.12. The molecule has 26 heavy (non-hydrogen) atoms. The third kappa shape index (κ3) is 3.59. The van der Waals surface area contributed by atoms with Gasteiger partial charge in [-0.05, 0) is 47.3 Å². The fraction of sp³-hybridized carbons (Fsp3) is 0.350. The van der Waals surface area contributed by atoms with Crippen LogP contribution in [-0.4, -0.2) is 29.7 Å². The first kappa shape index (κ1) is 17.8. The Bertz CT molecular complexity index is 923. The van der Waals surface area contributed by atoms with Gasteiger partial charge in [-0.15, -0.1) is 11.3 Å². The summed E-state index contributed by atoms with van der Waals surface area (Å²) in [5.41, 5.74) is 4.20. The van der Waals surface area contributed by atoms with Crippen LogP contribution in [0.1, 0.15) is 34.5 Å². The number of carbonyl (C=O) groups excluding carboxylic acids is 1. The van der Waals surface area contributed by atoms with Gasteiger partial charge < -0.3 is 14.6 Å². The maximum atomic E-state index is 12.8. The molecule has 0 radical (unpaired) electrons. The molecule has 0 spiro atoms. The minimum Gasteiger partial charge on any atom is -0.376 e. The first-order valence-corrected chi connectivity index (χ1v) is 10.5. The van der Waals surface area contributed by atoms with Crippen molar-refractivity contribution in [1.82, 2.24) is 9.88 Å². The van der Waals surface area contributed by atoms with E-state index in [-0.39, 0.29) is 12.0 Å². The van der Waals surface area contributed by atoms with E-state index in [1.54, 1.807) is 11.3 Å². The molecular formula is C20H21BrN2O2S. The molecule has 2 aromatic heterocycles. The minimum atomic E-state index is -0.0390. The summed E-state index contributed by atoms with van der Waals surface area (Å²) in [6, 6.07) is 10.4. The second-order valence-electron chi connectivity index (χ2n) is 6.74. The first-order valence-electron chi connectivity index (χ1n) is 8.83. The van der Waals surface area contributed by atoms with E-state index in [1.807, 2.05) is 6.07 Å². The zero-order valence-corrected chi connectivity index (χ0v) is 17.0. The maximum absolute atomic E-state index is 12.8. The Kier molecular flexibility index (Phi) is 5.16. The van der Waals surface area contributed by atoms with E-state index < -0.39 is 0 Å². The number of amides is 1. The maximum Gasteiger partial charge on any atom is 0.268 e. The highest BCUT2D eigenvalue weighted by atomic mass is 79.9. The molecule has 6 heteroatoms. The summed E-state index contributed by atoms with van der Waals surface area (Å²) in [5.74, 6) is -0.0390. The van der Waals surface area contributed by atoms with Crippen LogP contribution >= 0.6 is 27.3 Å². The number of ether oxygens (including phenoxy) is 1. The van der Waals surface area contributed by atoms with Crippen LogP contribution in [0.2, 0.25) is 0 Å². The smallest absolute Gasteiger partial charge is 0.268 e. The molecule has 1 N–H and O–H groups in total. The number of nitrogens with one attached hydrogen (secondary N) is 1. The van der Waals surface area contributed by atoms with Crippen molar-refractivity contribution in [1.29, 1.82) is 0 Å². The molecule has 1 aliphatic rings. The average Bonchev–Trinajstić information content (AvgIpc) is 3.34. The topological polar surface area (TPSA) is 43.3 Å². The van der Waals surface area contributed by atoms with E-state index >= 15 is 0 Å². The lowest BCUT2D eigenvalue weighted by molar-refractivity contribution is 0.0851. The summed E-state index contributed by atoms with van der Waals surface area (Å²) >= 11 is 5.29. The van der Waals surface area contributed by atoms with Gasteiger partial charge in [0, 0.05) is 25.1 Å². The summed E-state index contributed by atoms with van der Waals surface area (Å²) in [7, 11) is 0. The fourth-order valence-electron chi connectivity index (χ4n) is 3.36. The Labute approximate surface area is 165 Å². The standard InChI is InChI=1S/C20H21BrN2O2S/c1-13-4-6-14(7-5-13)11-23-17(9-18-19(23)16(21)12-26-18)20(24)22-10-15-3-2-8-25-15/h4-7,9,12,15H,2-3,8,10-11H2,1H3,(H,22,24). The molecule has 136 valence electrons. The number of aryl methyl sites for hydroxylation is 1. The van der Waals surface area contributed by atoms with Crippen molar-refractivity contribution in [2.75, 3.05) is 13.2 Å². The molecule has 0 aliphatic carbocycles. The number of benzene rings is 1. The van der Waals surface area contributed by atoms with E-state index in [2.05, 4.69) is 62.4 Å². The summed E-state index contributed by atoms with van der Waals surface area (Å²) in [4.78, 5) is 12.8. The number of carbonyl (C=O) groups is 1. The van der Waals surface area contributed by atoms with Crippen molar-refractivity contribution >= 4 is 43.4 Å². The lowest BCUT2D eigenvalue weighted by Crippen LogP contribution is -2.33. The van der Waals surface area contributed by atoms with Crippen LogP contribution in [0.4, 0.5) is 0 Å². The van der Waals surface area contributed by atoms with E-state index in [4.69, 9.17) is 4.74 Å². The Balaban J connectivity index is 1.62. The highest BCUT2D eigenvalue weighted by molar-refractivity contribution is 9.10. The Morgan fingerprint density at radius 2 is 2.19 bits per heavy atom.